The van der Waals surface area contributed by atoms with Crippen molar-refractivity contribution < 1.29 is 4.79 Å². The predicted octanol–water partition coefficient (Wildman–Crippen LogP) is 2.09. The Kier molecular flexibility index (Phi) is 3.55. The summed E-state index contributed by atoms with van der Waals surface area (Å²) in [6.45, 7) is 5.38. The van der Waals surface area contributed by atoms with Crippen LogP contribution in [-0.4, -0.2) is 48.7 Å². The summed E-state index contributed by atoms with van der Waals surface area (Å²) in [5.41, 5.74) is 4.18. The third-order valence-corrected chi connectivity index (χ3v) is 4.62. The zero-order valence-corrected chi connectivity index (χ0v) is 13.9. The van der Waals surface area contributed by atoms with E-state index in [-0.39, 0.29) is 5.91 Å². The van der Waals surface area contributed by atoms with Crippen LogP contribution in [0.25, 0.3) is 5.65 Å². The summed E-state index contributed by atoms with van der Waals surface area (Å²) in [5, 5.41) is 11.5. The molecule has 4 heterocycles. The number of fused-ring (bicyclic) bond motifs is 1. The normalized spacial score (nSPS) is 18.2. The number of nitrogens with one attached hydrogen (secondary N) is 1. The Balaban J connectivity index is 1.60. The van der Waals surface area contributed by atoms with Crippen molar-refractivity contribution in [2.45, 2.75) is 32.6 Å². The Morgan fingerprint density at radius 3 is 3.00 bits per heavy atom. The van der Waals surface area contributed by atoms with Gasteiger partial charge in [0, 0.05) is 48.4 Å². The molecule has 7 nitrogen and oxygen atoms in total. The molecule has 24 heavy (non-hydrogen) atoms. The first-order valence-corrected chi connectivity index (χ1v) is 8.24. The zero-order valence-electron chi connectivity index (χ0n) is 13.9. The van der Waals surface area contributed by atoms with Crippen LogP contribution in [0.4, 0.5) is 0 Å². The summed E-state index contributed by atoms with van der Waals surface area (Å²) >= 11 is 0. The summed E-state index contributed by atoms with van der Waals surface area (Å²) in [7, 11) is 0. The van der Waals surface area contributed by atoms with E-state index >= 15 is 0 Å². The summed E-state index contributed by atoms with van der Waals surface area (Å²) < 4.78 is 1.73. The second kappa shape index (κ2) is 5.74. The van der Waals surface area contributed by atoms with Gasteiger partial charge < -0.3 is 4.90 Å². The van der Waals surface area contributed by atoms with Crippen molar-refractivity contribution in [3.05, 3.63) is 47.2 Å². The number of H-pyrrole nitrogens is 1. The number of piperidine rings is 1. The smallest absolute Gasteiger partial charge is 0.274 e. The molecule has 0 aliphatic carbocycles. The monoisotopic (exact) mass is 324 g/mol. The van der Waals surface area contributed by atoms with E-state index < -0.39 is 0 Å². The van der Waals surface area contributed by atoms with E-state index in [9.17, 15) is 4.79 Å². The number of aromatic nitrogens is 5. The van der Waals surface area contributed by atoms with Crippen molar-refractivity contribution in [1.29, 1.82) is 0 Å². The molecule has 1 unspecified atom stereocenters. The highest BCUT2D eigenvalue weighted by Gasteiger charge is 2.27. The number of aromatic amines is 1. The molecule has 3 aromatic rings. The van der Waals surface area contributed by atoms with Crippen LogP contribution in [0.15, 0.2) is 24.4 Å². The topological polar surface area (TPSA) is 79.2 Å². The van der Waals surface area contributed by atoms with Crippen molar-refractivity contribution >= 4 is 11.6 Å². The lowest BCUT2D eigenvalue weighted by Gasteiger charge is -2.31. The molecule has 124 valence electrons. The van der Waals surface area contributed by atoms with Gasteiger partial charge in [0.2, 0.25) is 0 Å². The number of rotatable bonds is 2. The minimum Gasteiger partial charge on any atom is -0.337 e. The van der Waals surface area contributed by atoms with Crippen LogP contribution in [0.3, 0.4) is 0 Å². The summed E-state index contributed by atoms with van der Waals surface area (Å²) in [4.78, 5) is 19.2. The van der Waals surface area contributed by atoms with Gasteiger partial charge in [0.1, 0.15) is 0 Å². The predicted molar refractivity (Wildman–Crippen MR) is 88.9 cm³/mol. The lowest BCUT2D eigenvalue weighted by Crippen LogP contribution is -2.39. The fourth-order valence-corrected chi connectivity index (χ4v) is 3.46. The van der Waals surface area contributed by atoms with Crippen LogP contribution in [0, 0.1) is 13.8 Å². The van der Waals surface area contributed by atoms with E-state index in [4.69, 9.17) is 0 Å². The van der Waals surface area contributed by atoms with Gasteiger partial charge in [-0.3, -0.25) is 9.89 Å². The van der Waals surface area contributed by atoms with Gasteiger partial charge in [-0.2, -0.15) is 10.2 Å². The lowest BCUT2D eigenvalue weighted by molar-refractivity contribution is 0.0699. The largest absolute Gasteiger partial charge is 0.337 e. The molecule has 0 aromatic carbocycles. The number of likely N-dealkylation sites (tertiary alicyclic amines) is 1. The standard InChI is InChI=1S/C17H20N6O/c1-11-8-12(2)23-16(19-11)9-15(21-23)17(24)22-7-3-4-13(10-22)14-5-6-18-20-14/h5-6,8-9,13H,3-4,7,10H2,1-2H3,(H,18,20). The van der Waals surface area contributed by atoms with Crippen LogP contribution in [0.1, 0.15) is 46.3 Å². The zero-order chi connectivity index (χ0) is 16.7. The molecule has 1 atom stereocenters. The fraction of sp³-hybridized carbons (Fsp3) is 0.412. The van der Waals surface area contributed by atoms with E-state index in [2.05, 4.69) is 20.3 Å². The van der Waals surface area contributed by atoms with E-state index in [0.717, 1.165) is 42.1 Å². The molecular weight excluding hydrogens is 304 g/mol. The van der Waals surface area contributed by atoms with Gasteiger partial charge in [-0.1, -0.05) is 0 Å². The van der Waals surface area contributed by atoms with Crippen molar-refractivity contribution in [3.63, 3.8) is 0 Å². The summed E-state index contributed by atoms with van der Waals surface area (Å²) in [6, 6.07) is 5.73. The maximum Gasteiger partial charge on any atom is 0.274 e. The van der Waals surface area contributed by atoms with E-state index in [1.807, 2.05) is 30.9 Å². The maximum absolute atomic E-state index is 12.9. The summed E-state index contributed by atoms with van der Waals surface area (Å²) in [5.74, 6) is 0.283. The van der Waals surface area contributed by atoms with Gasteiger partial charge >= 0.3 is 0 Å². The van der Waals surface area contributed by atoms with Crippen LogP contribution in [0.2, 0.25) is 0 Å². The number of amides is 1. The quantitative estimate of drug-likeness (QED) is 0.783. The van der Waals surface area contributed by atoms with Gasteiger partial charge in [0.25, 0.3) is 5.91 Å². The molecule has 7 heteroatoms. The van der Waals surface area contributed by atoms with Crippen LogP contribution >= 0.6 is 0 Å². The molecule has 1 aliphatic rings. The SMILES string of the molecule is Cc1cc(C)n2nc(C(=O)N3CCCC(c4ccn[nH]4)C3)cc2n1. The Morgan fingerprint density at radius 1 is 1.33 bits per heavy atom. The van der Waals surface area contributed by atoms with Gasteiger partial charge in [-0.15, -0.1) is 0 Å². The van der Waals surface area contributed by atoms with Crippen molar-refractivity contribution in [3.8, 4) is 0 Å². The molecule has 1 saturated heterocycles. The van der Waals surface area contributed by atoms with E-state index in [1.54, 1.807) is 16.8 Å². The number of hydrogen-bond donors (Lipinski definition) is 1. The Hall–Kier alpha value is -2.70. The average molecular weight is 324 g/mol. The first-order chi connectivity index (χ1) is 11.6. The molecular formula is C17H20N6O. The minimum absolute atomic E-state index is 0.0261. The molecule has 1 fully saturated rings. The van der Waals surface area contributed by atoms with Crippen LogP contribution in [0.5, 0.6) is 0 Å². The highest BCUT2D eigenvalue weighted by atomic mass is 16.2. The highest BCUT2D eigenvalue weighted by molar-refractivity contribution is 5.93. The highest BCUT2D eigenvalue weighted by Crippen LogP contribution is 2.26. The van der Waals surface area contributed by atoms with Crippen molar-refractivity contribution in [2.75, 3.05) is 13.1 Å². The first kappa shape index (κ1) is 14.9. The van der Waals surface area contributed by atoms with Crippen molar-refractivity contribution in [1.82, 2.24) is 29.7 Å². The molecule has 3 aromatic heterocycles. The third kappa shape index (κ3) is 2.55. The lowest BCUT2D eigenvalue weighted by atomic mass is 9.95. The van der Waals surface area contributed by atoms with Gasteiger partial charge in [0.15, 0.2) is 11.3 Å². The molecule has 0 spiro atoms. The molecule has 0 saturated carbocycles. The number of aryl methyl sites for hydroxylation is 2. The number of nitrogens with zero attached hydrogens (tertiary/aromatic N) is 5. The van der Waals surface area contributed by atoms with Gasteiger partial charge in [-0.05, 0) is 38.8 Å². The van der Waals surface area contributed by atoms with Crippen molar-refractivity contribution in [2.24, 2.45) is 0 Å². The third-order valence-electron chi connectivity index (χ3n) is 4.62. The first-order valence-electron chi connectivity index (χ1n) is 8.24. The van der Waals surface area contributed by atoms with Crippen LogP contribution < -0.4 is 0 Å². The molecule has 0 bridgehead atoms. The van der Waals surface area contributed by atoms with Gasteiger partial charge in [0.05, 0.1) is 0 Å². The second-order valence-corrected chi connectivity index (χ2v) is 6.44. The molecule has 4 rings (SSSR count). The fourth-order valence-electron chi connectivity index (χ4n) is 3.46. The summed E-state index contributed by atoms with van der Waals surface area (Å²) in [6.07, 6.45) is 3.81. The second-order valence-electron chi connectivity index (χ2n) is 6.44. The molecule has 1 N–H and O–H groups in total. The minimum atomic E-state index is -0.0261. The number of carbonyl (C=O) groups is 1. The van der Waals surface area contributed by atoms with E-state index in [1.165, 1.54) is 0 Å². The number of hydrogen-bond acceptors (Lipinski definition) is 4. The maximum atomic E-state index is 12.9. The number of carbonyl (C=O) groups excluding carboxylic acids is 1. The Bertz CT molecular complexity index is 882. The molecule has 0 radical (unpaired) electrons. The Morgan fingerprint density at radius 2 is 2.21 bits per heavy atom. The average Bonchev–Trinajstić information content (AvgIpc) is 3.24. The van der Waals surface area contributed by atoms with E-state index in [0.29, 0.717) is 18.2 Å². The van der Waals surface area contributed by atoms with Crippen LogP contribution in [-0.2, 0) is 0 Å². The Labute approximate surface area is 139 Å². The molecule has 1 amide bonds. The van der Waals surface area contributed by atoms with Gasteiger partial charge in [-0.25, -0.2) is 9.50 Å². The molecule has 1 aliphatic heterocycles.